The maximum Gasteiger partial charge on any atom is 0.451 e. The van der Waals surface area contributed by atoms with Gasteiger partial charge in [0.2, 0.25) is 11.7 Å². The molecule has 0 N–H and O–H groups in total. The summed E-state index contributed by atoms with van der Waals surface area (Å²) in [6.07, 6.45) is 0.377. The minimum absolute atomic E-state index is 0.154. The number of hydrogen-bond acceptors (Lipinski definition) is 3. The van der Waals surface area contributed by atoms with Gasteiger partial charge in [-0.25, -0.2) is 4.98 Å². The quantitative estimate of drug-likeness (QED) is 0.771. The van der Waals surface area contributed by atoms with Crippen LogP contribution in [0.2, 0.25) is 0 Å². The summed E-state index contributed by atoms with van der Waals surface area (Å²) in [5.41, 5.74) is 0.159. The minimum atomic E-state index is -4.63. The number of para-hydroxylation sites is 1. The average Bonchev–Trinajstić information content (AvgIpc) is 2.34. The van der Waals surface area contributed by atoms with Crippen LogP contribution in [-0.4, -0.2) is 16.6 Å². The number of aromatic nitrogens is 2. The Balaban J connectivity index is 2.61. The van der Waals surface area contributed by atoms with Gasteiger partial charge in [-0.1, -0.05) is 18.1 Å². The van der Waals surface area contributed by atoms with Crippen LogP contribution in [0.4, 0.5) is 13.2 Å². The zero-order valence-electron chi connectivity index (χ0n) is 9.03. The van der Waals surface area contributed by atoms with E-state index in [2.05, 4.69) is 15.9 Å². The molecule has 2 rings (SSSR count). The maximum atomic E-state index is 12.6. The minimum Gasteiger partial charge on any atom is -0.464 e. The van der Waals surface area contributed by atoms with Crippen molar-refractivity contribution in [3.63, 3.8) is 0 Å². The molecule has 3 nitrogen and oxygen atoms in total. The second kappa shape index (κ2) is 4.53. The smallest absolute Gasteiger partial charge is 0.451 e. The molecule has 0 aliphatic rings. The topological polar surface area (TPSA) is 35.0 Å². The monoisotopic (exact) mass is 252 g/mol. The van der Waals surface area contributed by atoms with Gasteiger partial charge in [0.05, 0.1) is 10.9 Å². The lowest BCUT2D eigenvalue weighted by Crippen LogP contribution is -2.12. The van der Waals surface area contributed by atoms with Crippen LogP contribution in [0.1, 0.15) is 5.82 Å². The predicted octanol–water partition coefficient (Wildman–Crippen LogP) is 2.66. The molecular formula is C12H7F3N2O. The van der Waals surface area contributed by atoms with Gasteiger partial charge in [0.25, 0.3) is 0 Å². The summed E-state index contributed by atoms with van der Waals surface area (Å²) < 4.78 is 42.8. The number of ether oxygens (including phenoxy) is 1. The summed E-state index contributed by atoms with van der Waals surface area (Å²) >= 11 is 0. The van der Waals surface area contributed by atoms with Gasteiger partial charge < -0.3 is 4.74 Å². The van der Waals surface area contributed by atoms with Crippen molar-refractivity contribution in [1.82, 2.24) is 9.97 Å². The third kappa shape index (κ3) is 2.35. The normalized spacial score (nSPS) is 11.2. The summed E-state index contributed by atoms with van der Waals surface area (Å²) in [5.74, 6) is 0.772. The van der Waals surface area contributed by atoms with Gasteiger partial charge in [-0.2, -0.15) is 18.2 Å². The predicted molar refractivity (Wildman–Crippen MR) is 58.9 cm³/mol. The van der Waals surface area contributed by atoms with Crippen LogP contribution in [-0.2, 0) is 6.18 Å². The summed E-state index contributed by atoms with van der Waals surface area (Å²) in [7, 11) is 0. The van der Waals surface area contributed by atoms with Crippen molar-refractivity contribution < 1.29 is 17.9 Å². The largest absolute Gasteiger partial charge is 0.464 e. The third-order valence-corrected chi connectivity index (χ3v) is 2.11. The van der Waals surface area contributed by atoms with Crippen LogP contribution in [0.25, 0.3) is 10.9 Å². The van der Waals surface area contributed by atoms with Gasteiger partial charge in [0.15, 0.2) is 6.61 Å². The highest BCUT2D eigenvalue weighted by atomic mass is 19.4. The fraction of sp³-hybridized carbons (Fsp3) is 0.167. The lowest BCUT2D eigenvalue weighted by Gasteiger charge is -2.10. The summed E-state index contributed by atoms with van der Waals surface area (Å²) in [5, 5.41) is 0.390. The number of halogens is 3. The summed E-state index contributed by atoms with van der Waals surface area (Å²) in [4.78, 5) is 6.80. The van der Waals surface area contributed by atoms with Crippen molar-refractivity contribution in [3.05, 3.63) is 30.1 Å². The van der Waals surface area contributed by atoms with E-state index in [0.717, 1.165) is 0 Å². The van der Waals surface area contributed by atoms with Gasteiger partial charge in [-0.05, 0) is 12.1 Å². The highest BCUT2D eigenvalue weighted by Gasteiger charge is 2.35. The molecule has 6 heteroatoms. The lowest BCUT2D eigenvalue weighted by atomic mass is 10.2. The molecule has 0 unspecified atom stereocenters. The molecule has 0 spiro atoms. The summed E-state index contributed by atoms with van der Waals surface area (Å²) in [6.45, 7) is -0.154. The van der Waals surface area contributed by atoms with E-state index < -0.39 is 12.0 Å². The first-order valence-electron chi connectivity index (χ1n) is 4.92. The SMILES string of the molecule is C#CCOc1nc(C(F)(F)F)nc2ccccc12. The van der Waals surface area contributed by atoms with Crippen LogP contribution >= 0.6 is 0 Å². The average molecular weight is 252 g/mol. The molecule has 0 saturated carbocycles. The zero-order chi connectivity index (χ0) is 13.2. The van der Waals surface area contributed by atoms with Crippen molar-refractivity contribution in [3.8, 4) is 18.2 Å². The fourth-order valence-electron chi connectivity index (χ4n) is 1.39. The Morgan fingerprint density at radius 3 is 2.61 bits per heavy atom. The third-order valence-electron chi connectivity index (χ3n) is 2.11. The maximum absolute atomic E-state index is 12.6. The van der Waals surface area contributed by atoms with Gasteiger partial charge >= 0.3 is 6.18 Å². The molecule has 0 radical (unpaired) electrons. The molecule has 0 amide bonds. The molecule has 0 aliphatic carbocycles. The first-order valence-corrected chi connectivity index (χ1v) is 4.92. The molecule has 0 bridgehead atoms. The van der Waals surface area contributed by atoms with Crippen LogP contribution in [0.5, 0.6) is 5.88 Å². The number of terminal acetylenes is 1. The Hall–Kier alpha value is -2.29. The highest BCUT2D eigenvalue weighted by molar-refractivity contribution is 5.83. The van der Waals surface area contributed by atoms with Crippen molar-refractivity contribution in [2.45, 2.75) is 6.18 Å². The molecule has 0 saturated heterocycles. The molecule has 0 aliphatic heterocycles. The van der Waals surface area contributed by atoms with Crippen molar-refractivity contribution in [2.24, 2.45) is 0 Å². The number of nitrogens with zero attached hydrogens (tertiary/aromatic N) is 2. The van der Waals surface area contributed by atoms with Crippen LogP contribution in [0, 0.1) is 12.3 Å². The van der Waals surface area contributed by atoms with Crippen LogP contribution in [0.15, 0.2) is 24.3 Å². The Bertz CT molecular complexity index is 617. The molecule has 92 valence electrons. The first-order chi connectivity index (χ1) is 8.52. The Labute approximate surface area is 101 Å². The van der Waals surface area contributed by atoms with Crippen molar-refractivity contribution in [1.29, 1.82) is 0 Å². The van der Waals surface area contributed by atoms with Gasteiger partial charge in [-0.15, -0.1) is 6.42 Å². The van der Waals surface area contributed by atoms with E-state index in [1.807, 2.05) is 0 Å². The zero-order valence-corrected chi connectivity index (χ0v) is 9.03. The van der Waals surface area contributed by atoms with Crippen LogP contribution in [0.3, 0.4) is 0 Å². The molecule has 0 fully saturated rings. The number of alkyl halides is 3. The second-order valence-electron chi connectivity index (χ2n) is 3.36. The van der Waals surface area contributed by atoms with Gasteiger partial charge in [-0.3, -0.25) is 0 Å². The lowest BCUT2D eigenvalue weighted by molar-refractivity contribution is -0.145. The number of hydrogen-bond donors (Lipinski definition) is 0. The highest BCUT2D eigenvalue weighted by Crippen LogP contribution is 2.30. The van der Waals surface area contributed by atoms with E-state index in [0.29, 0.717) is 5.39 Å². The van der Waals surface area contributed by atoms with E-state index in [1.165, 1.54) is 6.07 Å². The molecule has 1 aromatic heterocycles. The van der Waals surface area contributed by atoms with Crippen LogP contribution < -0.4 is 4.74 Å². The van der Waals surface area contributed by atoms with Gasteiger partial charge in [0.1, 0.15) is 0 Å². The Kier molecular flexibility index (Phi) is 3.06. The van der Waals surface area contributed by atoms with E-state index in [4.69, 9.17) is 11.2 Å². The van der Waals surface area contributed by atoms with E-state index in [-0.39, 0.29) is 18.0 Å². The molecule has 0 atom stereocenters. The van der Waals surface area contributed by atoms with E-state index >= 15 is 0 Å². The molecule has 1 heterocycles. The standard InChI is InChI=1S/C12H7F3N2O/c1-2-7-18-10-8-5-3-4-6-9(8)16-11(17-10)12(13,14)15/h1,3-6H,7H2. The molecule has 1 aromatic carbocycles. The summed E-state index contributed by atoms with van der Waals surface area (Å²) in [6, 6.07) is 6.26. The van der Waals surface area contributed by atoms with E-state index in [1.54, 1.807) is 18.2 Å². The Morgan fingerprint density at radius 1 is 1.22 bits per heavy atom. The van der Waals surface area contributed by atoms with Gasteiger partial charge in [0, 0.05) is 0 Å². The molecule has 2 aromatic rings. The van der Waals surface area contributed by atoms with Crippen molar-refractivity contribution in [2.75, 3.05) is 6.61 Å². The number of rotatable bonds is 2. The molecule has 18 heavy (non-hydrogen) atoms. The number of benzene rings is 1. The fourth-order valence-corrected chi connectivity index (χ4v) is 1.39. The van der Waals surface area contributed by atoms with E-state index in [9.17, 15) is 13.2 Å². The van der Waals surface area contributed by atoms with Crippen molar-refractivity contribution >= 4 is 10.9 Å². The second-order valence-corrected chi connectivity index (χ2v) is 3.36. The number of fused-ring (bicyclic) bond motifs is 1. The molecular weight excluding hydrogens is 245 g/mol. The Morgan fingerprint density at radius 2 is 1.94 bits per heavy atom. The first kappa shape index (κ1) is 12.2.